The number of sulfone groups is 1. The molecular weight excluding hydrogens is 276 g/mol. The molecule has 5 heteroatoms. The summed E-state index contributed by atoms with van der Waals surface area (Å²) < 4.78 is 24.8. The van der Waals surface area contributed by atoms with E-state index >= 15 is 0 Å². The Kier molecular flexibility index (Phi) is 4.81. The first-order valence-corrected chi connectivity index (χ1v) is 8.70. The molecule has 2 rings (SSSR count). The number of aliphatic carboxylic acids is 1. The minimum absolute atomic E-state index is 0.0332. The second kappa shape index (κ2) is 6.39. The standard InChI is InChI=1S/C15H20O4S/c16-15(17)13-8-4-5-9-14(13)20(18,19)11-10-12-6-2-1-3-7-12/h1-3,6-7,13-14H,4-5,8-11H2,(H,16,17). The zero-order valence-corrected chi connectivity index (χ0v) is 12.2. The maximum atomic E-state index is 12.4. The number of aryl methyl sites for hydroxylation is 1. The Morgan fingerprint density at radius 1 is 1.15 bits per heavy atom. The van der Waals surface area contributed by atoms with Gasteiger partial charge in [0.25, 0.3) is 0 Å². The number of carboxylic acids is 1. The summed E-state index contributed by atoms with van der Waals surface area (Å²) >= 11 is 0. The Morgan fingerprint density at radius 2 is 1.80 bits per heavy atom. The van der Waals surface area contributed by atoms with Crippen molar-refractivity contribution in [3.8, 4) is 0 Å². The normalized spacial score (nSPS) is 23.4. The van der Waals surface area contributed by atoms with Crippen LogP contribution in [-0.2, 0) is 21.1 Å². The fourth-order valence-electron chi connectivity index (χ4n) is 2.87. The lowest BCUT2D eigenvalue weighted by atomic mass is 9.89. The highest BCUT2D eigenvalue weighted by molar-refractivity contribution is 7.92. The van der Waals surface area contributed by atoms with Gasteiger partial charge in [-0.05, 0) is 24.8 Å². The summed E-state index contributed by atoms with van der Waals surface area (Å²) in [7, 11) is -3.36. The third-order valence-corrected chi connectivity index (χ3v) is 6.26. The number of hydrogen-bond acceptors (Lipinski definition) is 3. The molecule has 1 saturated carbocycles. The molecule has 2 unspecified atom stereocenters. The molecule has 4 nitrogen and oxygen atoms in total. The van der Waals surface area contributed by atoms with Gasteiger partial charge in [0.2, 0.25) is 0 Å². The average molecular weight is 296 g/mol. The Bertz CT molecular complexity index is 550. The lowest BCUT2D eigenvalue weighted by molar-refractivity contribution is -0.142. The van der Waals surface area contributed by atoms with E-state index in [9.17, 15) is 18.3 Å². The quantitative estimate of drug-likeness (QED) is 0.905. The molecule has 1 aliphatic rings. The first-order valence-electron chi connectivity index (χ1n) is 6.99. The Hall–Kier alpha value is -1.36. The van der Waals surface area contributed by atoms with Crippen molar-refractivity contribution >= 4 is 15.8 Å². The first kappa shape index (κ1) is 15.0. The lowest BCUT2D eigenvalue weighted by Gasteiger charge is -2.28. The van der Waals surface area contributed by atoms with Crippen molar-refractivity contribution in [3.05, 3.63) is 35.9 Å². The average Bonchev–Trinajstić information content (AvgIpc) is 2.46. The molecule has 1 N–H and O–H groups in total. The van der Waals surface area contributed by atoms with E-state index < -0.39 is 27.0 Å². The van der Waals surface area contributed by atoms with Crippen molar-refractivity contribution in [1.29, 1.82) is 0 Å². The third kappa shape index (κ3) is 3.60. The minimum atomic E-state index is -3.36. The molecule has 2 atom stereocenters. The molecule has 0 radical (unpaired) electrons. The molecule has 110 valence electrons. The Morgan fingerprint density at radius 3 is 2.45 bits per heavy atom. The molecule has 0 amide bonds. The highest BCUT2D eigenvalue weighted by Gasteiger charge is 2.39. The van der Waals surface area contributed by atoms with Gasteiger partial charge in [0, 0.05) is 0 Å². The maximum absolute atomic E-state index is 12.4. The predicted molar refractivity (Wildman–Crippen MR) is 77.3 cm³/mol. The highest BCUT2D eigenvalue weighted by atomic mass is 32.2. The number of hydrogen-bond donors (Lipinski definition) is 1. The van der Waals surface area contributed by atoms with Crippen LogP contribution < -0.4 is 0 Å². The minimum Gasteiger partial charge on any atom is -0.481 e. The van der Waals surface area contributed by atoms with E-state index in [1.165, 1.54) is 0 Å². The molecule has 0 aromatic heterocycles. The van der Waals surface area contributed by atoms with Gasteiger partial charge in [0.05, 0.1) is 16.9 Å². The van der Waals surface area contributed by atoms with Crippen LogP contribution in [0.1, 0.15) is 31.2 Å². The molecule has 1 fully saturated rings. The topological polar surface area (TPSA) is 71.4 Å². The van der Waals surface area contributed by atoms with E-state index in [-0.39, 0.29) is 5.75 Å². The highest BCUT2D eigenvalue weighted by Crippen LogP contribution is 2.30. The largest absolute Gasteiger partial charge is 0.481 e. The van der Waals surface area contributed by atoms with E-state index in [2.05, 4.69) is 0 Å². The summed E-state index contributed by atoms with van der Waals surface area (Å²) in [5.74, 6) is -1.67. The summed E-state index contributed by atoms with van der Waals surface area (Å²) in [5.41, 5.74) is 0.971. The van der Waals surface area contributed by atoms with Gasteiger partial charge in [-0.3, -0.25) is 4.79 Å². The summed E-state index contributed by atoms with van der Waals surface area (Å²) in [6.07, 6.45) is 3.02. The van der Waals surface area contributed by atoms with Gasteiger partial charge in [-0.25, -0.2) is 8.42 Å². The second-order valence-corrected chi connectivity index (χ2v) is 7.71. The summed E-state index contributed by atoms with van der Waals surface area (Å²) in [5, 5.41) is 8.48. The number of carbonyl (C=O) groups is 1. The fourth-order valence-corrected chi connectivity index (χ4v) is 4.97. The SMILES string of the molecule is O=C(O)C1CCCCC1S(=O)(=O)CCc1ccccc1. The van der Waals surface area contributed by atoms with Crippen LogP contribution >= 0.6 is 0 Å². The third-order valence-electron chi connectivity index (χ3n) is 4.00. The van der Waals surface area contributed by atoms with E-state index in [1.807, 2.05) is 30.3 Å². The van der Waals surface area contributed by atoms with Crippen molar-refractivity contribution in [2.24, 2.45) is 5.92 Å². The summed E-state index contributed by atoms with van der Waals surface area (Å²) in [4.78, 5) is 11.2. The molecule has 1 aromatic carbocycles. The zero-order valence-electron chi connectivity index (χ0n) is 11.4. The monoisotopic (exact) mass is 296 g/mol. The van der Waals surface area contributed by atoms with Gasteiger partial charge in [-0.1, -0.05) is 43.2 Å². The number of rotatable bonds is 5. The molecule has 20 heavy (non-hydrogen) atoms. The van der Waals surface area contributed by atoms with Crippen LogP contribution in [0.25, 0.3) is 0 Å². The van der Waals surface area contributed by atoms with Crippen LogP contribution in [-0.4, -0.2) is 30.5 Å². The molecule has 1 aromatic rings. The first-order chi connectivity index (χ1) is 9.50. The van der Waals surface area contributed by atoms with E-state index in [0.717, 1.165) is 18.4 Å². The Labute approximate surface area is 119 Å². The van der Waals surface area contributed by atoms with Gasteiger partial charge in [0.1, 0.15) is 0 Å². The van der Waals surface area contributed by atoms with Gasteiger partial charge < -0.3 is 5.11 Å². The van der Waals surface area contributed by atoms with Crippen molar-refractivity contribution < 1.29 is 18.3 Å². The smallest absolute Gasteiger partial charge is 0.307 e. The summed E-state index contributed by atoms with van der Waals surface area (Å²) in [6, 6.07) is 9.43. The van der Waals surface area contributed by atoms with Crippen molar-refractivity contribution in [2.45, 2.75) is 37.4 Å². The maximum Gasteiger partial charge on any atom is 0.307 e. The predicted octanol–water partition coefficient (Wildman–Crippen LogP) is 2.29. The van der Waals surface area contributed by atoms with Crippen molar-refractivity contribution in [1.82, 2.24) is 0 Å². The molecule has 0 spiro atoms. The van der Waals surface area contributed by atoms with Crippen LogP contribution in [0.15, 0.2) is 30.3 Å². The van der Waals surface area contributed by atoms with E-state index in [0.29, 0.717) is 19.3 Å². The van der Waals surface area contributed by atoms with Gasteiger partial charge >= 0.3 is 5.97 Å². The number of carboxylic acid groups (broad SMARTS) is 1. The molecule has 0 bridgehead atoms. The molecule has 0 heterocycles. The molecule has 0 saturated heterocycles. The van der Waals surface area contributed by atoms with Crippen LogP contribution in [0.2, 0.25) is 0 Å². The summed E-state index contributed by atoms with van der Waals surface area (Å²) in [6.45, 7) is 0. The van der Waals surface area contributed by atoms with Crippen LogP contribution in [0.4, 0.5) is 0 Å². The lowest BCUT2D eigenvalue weighted by Crippen LogP contribution is -2.39. The van der Waals surface area contributed by atoms with Gasteiger partial charge in [-0.15, -0.1) is 0 Å². The Balaban J connectivity index is 2.06. The second-order valence-electron chi connectivity index (χ2n) is 5.37. The zero-order chi connectivity index (χ0) is 14.6. The van der Waals surface area contributed by atoms with Gasteiger partial charge in [-0.2, -0.15) is 0 Å². The number of benzene rings is 1. The van der Waals surface area contributed by atoms with Crippen molar-refractivity contribution in [3.63, 3.8) is 0 Å². The van der Waals surface area contributed by atoms with Crippen LogP contribution in [0.3, 0.4) is 0 Å². The van der Waals surface area contributed by atoms with E-state index in [4.69, 9.17) is 0 Å². The molecular formula is C15H20O4S. The fraction of sp³-hybridized carbons (Fsp3) is 0.533. The molecule has 0 aliphatic heterocycles. The van der Waals surface area contributed by atoms with E-state index in [1.54, 1.807) is 0 Å². The molecule has 1 aliphatic carbocycles. The van der Waals surface area contributed by atoms with Crippen LogP contribution in [0, 0.1) is 5.92 Å². The van der Waals surface area contributed by atoms with Gasteiger partial charge in [0.15, 0.2) is 9.84 Å². The van der Waals surface area contributed by atoms with Crippen molar-refractivity contribution in [2.75, 3.05) is 5.75 Å². The van der Waals surface area contributed by atoms with Crippen LogP contribution in [0.5, 0.6) is 0 Å².